The summed E-state index contributed by atoms with van der Waals surface area (Å²) in [6, 6.07) is 21.8. The Balaban J connectivity index is 1.16. The van der Waals surface area contributed by atoms with Crippen LogP contribution in [0.4, 0.5) is 0 Å². The molecule has 1 amide bonds. The summed E-state index contributed by atoms with van der Waals surface area (Å²) >= 11 is 1.44. The number of aromatic nitrogens is 4. The van der Waals surface area contributed by atoms with E-state index in [9.17, 15) is 9.90 Å². The van der Waals surface area contributed by atoms with Crippen molar-refractivity contribution < 1.29 is 19.1 Å². The number of para-hydroxylation sites is 2. The summed E-state index contributed by atoms with van der Waals surface area (Å²) in [4.78, 5) is 29.4. The number of aromatic hydroxyl groups is 1. The van der Waals surface area contributed by atoms with Crippen molar-refractivity contribution >= 4 is 39.8 Å². The number of imidazole rings is 1. The van der Waals surface area contributed by atoms with Crippen LogP contribution in [-0.4, -0.2) is 50.4 Å². The van der Waals surface area contributed by atoms with Gasteiger partial charge in [-0.2, -0.15) is 0 Å². The molecule has 194 valence electrons. The number of oxazole rings is 1. The summed E-state index contributed by atoms with van der Waals surface area (Å²) in [7, 11) is 1.57. The molecule has 0 unspecified atom stereocenters. The van der Waals surface area contributed by atoms with E-state index in [0.29, 0.717) is 45.9 Å². The second-order valence-electron chi connectivity index (χ2n) is 8.66. The summed E-state index contributed by atoms with van der Waals surface area (Å²) in [5, 5.41) is 14.1. The summed E-state index contributed by atoms with van der Waals surface area (Å²) in [5.74, 6) is 1.47. The standard InChI is InChI=1S/C29H23N5O4S/c1-37-28-19(5-4-12-31-28)17-9-11-24(35)20(15-17)26-32-21-10-8-18(16-23(21)33-26)27(36)30-13-14-39-29-34-22-6-2-3-7-25(22)38-29/h2-12,15-16,35H,13-14H2,1H3,(H,30,36)(H,32,33). The number of thioether (sulfide) groups is 1. The number of methoxy groups -OCH3 is 1. The van der Waals surface area contributed by atoms with E-state index in [1.807, 2.05) is 42.5 Å². The summed E-state index contributed by atoms with van der Waals surface area (Å²) in [5.41, 5.74) is 5.55. The second-order valence-corrected chi connectivity index (χ2v) is 9.71. The number of phenols is 1. The highest BCUT2D eigenvalue weighted by molar-refractivity contribution is 7.99. The molecule has 0 saturated carbocycles. The predicted octanol–water partition coefficient (Wildman–Crippen LogP) is 5.67. The number of carbonyl (C=O) groups excluding carboxylic acids is 1. The number of nitrogens with zero attached hydrogens (tertiary/aromatic N) is 3. The first-order valence-electron chi connectivity index (χ1n) is 12.2. The van der Waals surface area contributed by atoms with Crippen LogP contribution in [0.3, 0.4) is 0 Å². The van der Waals surface area contributed by atoms with Crippen LogP contribution in [0.1, 0.15) is 10.4 Å². The fraction of sp³-hybridized carbons (Fsp3) is 0.103. The van der Waals surface area contributed by atoms with Gasteiger partial charge in [0, 0.05) is 29.6 Å². The number of benzene rings is 3. The quantitative estimate of drug-likeness (QED) is 0.167. The van der Waals surface area contributed by atoms with E-state index in [1.165, 1.54) is 11.8 Å². The lowest BCUT2D eigenvalue weighted by molar-refractivity contribution is 0.0956. The zero-order valence-electron chi connectivity index (χ0n) is 20.8. The van der Waals surface area contributed by atoms with Gasteiger partial charge in [-0.15, -0.1) is 0 Å². The Morgan fingerprint density at radius 1 is 1.03 bits per heavy atom. The van der Waals surface area contributed by atoms with Gasteiger partial charge in [0.25, 0.3) is 11.1 Å². The zero-order chi connectivity index (χ0) is 26.8. The third-order valence-electron chi connectivity index (χ3n) is 6.16. The predicted molar refractivity (Wildman–Crippen MR) is 150 cm³/mol. The average molecular weight is 538 g/mol. The van der Waals surface area contributed by atoms with Gasteiger partial charge in [0.1, 0.15) is 17.1 Å². The van der Waals surface area contributed by atoms with Gasteiger partial charge in [-0.25, -0.2) is 15.0 Å². The highest BCUT2D eigenvalue weighted by Crippen LogP contribution is 2.35. The third kappa shape index (κ3) is 5.01. The highest BCUT2D eigenvalue weighted by atomic mass is 32.2. The summed E-state index contributed by atoms with van der Waals surface area (Å²) < 4.78 is 11.1. The van der Waals surface area contributed by atoms with Crippen molar-refractivity contribution in [2.45, 2.75) is 5.22 Å². The molecule has 0 fully saturated rings. The number of fused-ring (bicyclic) bond motifs is 2. The molecular formula is C29H23N5O4S. The lowest BCUT2D eigenvalue weighted by atomic mass is 10.0. The van der Waals surface area contributed by atoms with Crippen LogP contribution in [0.5, 0.6) is 11.6 Å². The van der Waals surface area contributed by atoms with E-state index >= 15 is 0 Å². The maximum atomic E-state index is 12.8. The summed E-state index contributed by atoms with van der Waals surface area (Å²) in [6.45, 7) is 0.449. The third-order valence-corrected chi connectivity index (χ3v) is 6.99. The molecule has 3 heterocycles. The molecule has 0 atom stereocenters. The molecule has 10 heteroatoms. The van der Waals surface area contributed by atoms with E-state index in [1.54, 1.807) is 43.6 Å². The maximum Gasteiger partial charge on any atom is 0.256 e. The van der Waals surface area contributed by atoms with Crippen molar-refractivity contribution in [1.29, 1.82) is 0 Å². The fourth-order valence-corrected chi connectivity index (χ4v) is 4.95. The Labute approximate surface area is 227 Å². The minimum absolute atomic E-state index is 0.0788. The lowest BCUT2D eigenvalue weighted by Crippen LogP contribution is -2.25. The van der Waals surface area contributed by atoms with Gasteiger partial charge in [0.15, 0.2) is 5.58 Å². The lowest BCUT2D eigenvalue weighted by Gasteiger charge is -2.09. The number of H-pyrrole nitrogens is 1. The Morgan fingerprint density at radius 2 is 1.92 bits per heavy atom. The largest absolute Gasteiger partial charge is 0.507 e. The highest BCUT2D eigenvalue weighted by Gasteiger charge is 2.15. The van der Waals surface area contributed by atoms with Crippen LogP contribution < -0.4 is 10.1 Å². The zero-order valence-corrected chi connectivity index (χ0v) is 21.7. The average Bonchev–Trinajstić information content (AvgIpc) is 3.59. The molecule has 0 saturated heterocycles. The molecule has 0 radical (unpaired) electrons. The van der Waals surface area contributed by atoms with Crippen LogP contribution in [0.15, 0.2) is 88.6 Å². The van der Waals surface area contributed by atoms with Gasteiger partial charge in [0.2, 0.25) is 5.88 Å². The smallest absolute Gasteiger partial charge is 0.256 e. The minimum atomic E-state index is -0.201. The van der Waals surface area contributed by atoms with Crippen molar-refractivity contribution in [2.75, 3.05) is 19.4 Å². The van der Waals surface area contributed by atoms with Gasteiger partial charge in [-0.1, -0.05) is 30.0 Å². The number of rotatable bonds is 8. The van der Waals surface area contributed by atoms with Crippen LogP contribution >= 0.6 is 11.8 Å². The molecule has 39 heavy (non-hydrogen) atoms. The molecule has 0 spiro atoms. The molecule has 6 rings (SSSR count). The number of phenolic OH excluding ortho intramolecular Hbond substituents is 1. The Morgan fingerprint density at radius 3 is 2.79 bits per heavy atom. The first-order chi connectivity index (χ1) is 19.1. The normalized spacial score (nSPS) is 11.2. The number of nitrogens with one attached hydrogen (secondary N) is 2. The van der Waals surface area contributed by atoms with Crippen LogP contribution in [0.25, 0.3) is 44.6 Å². The van der Waals surface area contributed by atoms with E-state index < -0.39 is 0 Å². The molecule has 9 nitrogen and oxygen atoms in total. The molecular weight excluding hydrogens is 514 g/mol. The molecule has 6 aromatic rings. The second kappa shape index (κ2) is 10.5. The Kier molecular flexibility index (Phi) is 6.60. The number of hydrogen-bond acceptors (Lipinski definition) is 8. The van der Waals surface area contributed by atoms with Crippen LogP contribution in [-0.2, 0) is 0 Å². The fourth-order valence-electron chi connectivity index (χ4n) is 4.26. The van der Waals surface area contributed by atoms with Crippen LogP contribution in [0.2, 0.25) is 0 Å². The van der Waals surface area contributed by atoms with Gasteiger partial charge >= 0.3 is 0 Å². The SMILES string of the molecule is COc1ncccc1-c1ccc(O)c(-c2nc3cc(C(=O)NCCSc4nc5ccccc5o4)ccc3[nH]2)c1. The van der Waals surface area contributed by atoms with Gasteiger partial charge < -0.3 is 24.6 Å². The molecule has 3 N–H and O–H groups in total. The minimum Gasteiger partial charge on any atom is -0.507 e. The van der Waals surface area contributed by atoms with E-state index in [0.717, 1.165) is 27.7 Å². The Bertz CT molecular complexity index is 1780. The van der Waals surface area contributed by atoms with Gasteiger partial charge in [0.05, 0.1) is 23.7 Å². The number of pyridine rings is 1. The summed E-state index contributed by atoms with van der Waals surface area (Å²) in [6.07, 6.45) is 1.66. The van der Waals surface area contributed by atoms with Crippen LogP contribution in [0, 0.1) is 0 Å². The van der Waals surface area contributed by atoms with Crippen molar-refractivity contribution in [3.05, 3.63) is 84.6 Å². The first-order valence-corrected chi connectivity index (χ1v) is 13.2. The van der Waals surface area contributed by atoms with Crippen molar-refractivity contribution in [2.24, 2.45) is 0 Å². The number of amides is 1. The van der Waals surface area contributed by atoms with E-state index in [2.05, 4.69) is 25.3 Å². The number of aromatic amines is 1. The molecule has 3 aromatic heterocycles. The monoisotopic (exact) mass is 537 g/mol. The molecule has 0 aliphatic rings. The number of ether oxygens (including phenoxy) is 1. The number of hydrogen-bond donors (Lipinski definition) is 3. The first kappa shape index (κ1) is 24.5. The van der Waals surface area contributed by atoms with E-state index in [-0.39, 0.29) is 11.7 Å². The number of carbonyl (C=O) groups is 1. The van der Waals surface area contributed by atoms with Crippen molar-refractivity contribution in [3.63, 3.8) is 0 Å². The van der Waals surface area contributed by atoms with Crippen molar-refractivity contribution in [1.82, 2.24) is 25.3 Å². The van der Waals surface area contributed by atoms with Gasteiger partial charge in [-0.05, 0) is 60.2 Å². The molecule has 0 aliphatic heterocycles. The van der Waals surface area contributed by atoms with E-state index in [4.69, 9.17) is 9.15 Å². The molecule has 0 bridgehead atoms. The molecule has 0 aliphatic carbocycles. The van der Waals surface area contributed by atoms with Crippen molar-refractivity contribution in [3.8, 4) is 34.1 Å². The maximum absolute atomic E-state index is 12.8. The topological polar surface area (TPSA) is 126 Å². The molecule has 3 aromatic carbocycles. The van der Waals surface area contributed by atoms with Gasteiger partial charge in [-0.3, -0.25) is 4.79 Å². The Hall–Kier alpha value is -4.83.